The average Bonchev–Trinajstić information content (AvgIpc) is 3.33. The van der Waals surface area contributed by atoms with Gasteiger partial charge in [0.15, 0.2) is 11.9 Å². The molecule has 1 heterocycles. The van der Waals surface area contributed by atoms with E-state index >= 15 is 0 Å². The first-order valence-corrected chi connectivity index (χ1v) is 24.2. The third kappa shape index (κ3) is 23.8. The first kappa shape index (κ1) is 62.8. The topological polar surface area (TPSA) is 433 Å². The van der Waals surface area contributed by atoms with E-state index in [0.29, 0.717) is 12.0 Å². The zero-order chi connectivity index (χ0) is 56.4. The predicted octanol–water partition coefficient (Wildman–Crippen LogP) is -1.66. The van der Waals surface area contributed by atoms with Crippen LogP contribution in [0.25, 0.3) is 0 Å². The molecule has 26 heteroatoms. The summed E-state index contributed by atoms with van der Waals surface area (Å²) in [5.41, 5.74) is 23.0. The fourth-order valence-corrected chi connectivity index (χ4v) is 7.40. The lowest BCUT2D eigenvalue weighted by Crippen LogP contribution is -2.56. The van der Waals surface area contributed by atoms with Crippen molar-refractivity contribution < 1.29 is 62.9 Å². The molecule has 1 fully saturated rings. The molecular weight excluding hydrogens is 979 g/mol. The quantitative estimate of drug-likeness (QED) is 0.0207. The largest absolute Gasteiger partial charge is 0.480 e. The summed E-state index contributed by atoms with van der Waals surface area (Å²) in [5.74, 6) is -12.4. The van der Waals surface area contributed by atoms with Crippen molar-refractivity contribution in [2.24, 2.45) is 44.8 Å². The zero-order valence-corrected chi connectivity index (χ0v) is 43.1. The van der Waals surface area contributed by atoms with E-state index in [1.165, 1.54) is 39.8 Å². The Kier molecular flexibility index (Phi) is 26.8. The standard InChI is InChI=1S/C49H73N13O13/c1-7-32-43(68)56-29(5)42(67)60-35(16-12-22-55-49(52)53)45(70)62-37(47(73)74)25-40(65)58-34(15-11-21-54-48(50)51)44(69)59-33(28(4)41(66)61-36(46(71)72)19-20-39(64)57-32)18-17-26(2)23-27(3)38(75-30(6)63)24-31-13-9-8-10-14-31/h7-10,13-14,17-18,23,27-29,33-38H,11-12,15-16,19-22,24-25H2,1-6H3,(H,56,68)(H,57,64)(H,58,65)(H,59,69)(H,60,67)(H,61,66)(H,62,70)(H,71,72)(H,73,74)(H4,50,51,54)(H4,52,53,55)/b18-17+,26-23+,32-7?/t27-,28-,29+,33-,34-,35-,36+,37+,38-/m0/s1. The molecule has 26 nitrogen and oxygen atoms in total. The number of aliphatic imine (C=N–C) groups is 2. The maximum absolute atomic E-state index is 14.3. The first-order valence-electron chi connectivity index (χ1n) is 24.2. The molecular formula is C49H73N13O13. The van der Waals surface area contributed by atoms with Crippen LogP contribution in [0, 0.1) is 11.8 Å². The first-order chi connectivity index (χ1) is 35.3. The van der Waals surface area contributed by atoms with Crippen LogP contribution in [0.5, 0.6) is 0 Å². The maximum Gasteiger partial charge on any atom is 0.326 e. The molecule has 1 aromatic rings. The van der Waals surface area contributed by atoms with Gasteiger partial charge in [0.25, 0.3) is 5.91 Å². The van der Waals surface area contributed by atoms with Crippen molar-refractivity contribution in [3.63, 3.8) is 0 Å². The third-order valence-electron chi connectivity index (χ3n) is 11.5. The number of hydrogen-bond acceptors (Lipinski definition) is 13. The number of carbonyl (C=O) groups excluding carboxylic acids is 8. The normalized spacial score (nSPS) is 23.7. The van der Waals surface area contributed by atoms with Crippen LogP contribution in [0.4, 0.5) is 0 Å². The second kappa shape index (κ2) is 32.0. The number of esters is 1. The summed E-state index contributed by atoms with van der Waals surface area (Å²) < 4.78 is 5.67. The molecule has 1 aromatic carbocycles. The molecule has 0 saturated carbocycles. The Hall–Kier alpha value is -8.32. The number of rotatable bonds is 17. The maximum atomic E-state index is 14.3. The summed E-state index contributed by atoms with van der Waals surface area (Å²) in [7, 11) is 0. The fourth-order valence-electron chi connectivity index (χ4n) is 7.40. The van der Waals surface area contributed by atoms with Gasteiger partial charge in [-0.2, -0.15) is 0 Å². The third-order valence-corrected chi connectivity index (χ3v) is 11.5. The average molecular weight is 1050 g/mol. The SMILES string of the molecule is CC=C1NC(=O)CC[C@H](C(=O)O)NC(=O)[C@@H](C)[C@H](/C=C/C(C)=C/[C@H](C)[C@H](Cc2ccccc2)OC(C)=O)NC(=O)[C@H](CCCN=C(N)N)NC(=O)C[C@H](C(=O)O)NC(=O)[C@H](CCCN=C(N)N)NC(=O)[C@@H](C)NC1=O. The number of aliphatic carboxylic acids is 2. The van der Waals surface area contributed by atoms with Crippen LogP contribution in [-0.2, 0) is 59.1 Å². The number of allylic oxidation sites excluding steroid dienone is 3. The Labute approximate surface area is 434 Å². The molecule has 7 amide bonds. The summed E-state index contributed by atoms with van der Waals surface area (Å²) in [5, 5.41) is 37.4. The number of nitrogens with one attached hydrogen (secondary N) is 7. The number of ether oxygens (including phenoxy) is 1. The van der Waals surface area contributed by atoms with Crippen LogP contribution in [0.2, 0.25) is 0 Å². The van der Waals surface area contributed by atoms with E-state index in [1.54, 1.807) is 13.0 Å². The Morgan fingerprint density at radius 2 is 1.31 bits per heavy atom. The summed E-state index contributed by atoms with van der Waals surface area (Å²) in [6, 6.07) is 0.201. The van der Waals surface area contributed by atoms with Crippen molar-refractivity contribution in [3.05, 3.63) is 71.5 Å². The molecule has 0 aliphatic carbocycles. The molecule has 412 valence electrons. The molecule has 9 atom stereocenters. The molecule has 1 saturated heterocycles. The van der Waals surface area contributed by atoms with Gasteiger partial charge in [0.2, 0.25) is 35.4 Å². The highest BCUT2D eigenvalue weighted by Crippen LogP contribution is 2.19. The Morgan fingerprint density at radius 3 is 1.85 bits per heavy atom. The lowest BCUT2D eigenvalue weighted by molar-refractivity contribution is -0.148. The summed E-state index contributed by atoms with van der Waals surface area (Å²) in [6.07, 6.45) is 3.78. The van der Waals surface area contributed by atoms with Crippen LogP contribution in [0.1, 0.15) is 92.1 Å². The highest BCUT2D eigenvalue weighted by atomic mass is 16.5. The second-order valence-corrected chi connectivity index (χ2v) is 17.9. The molecule has 1 aliphatic rings. The number of nitrogens with zero attached hydrogens (tertiary/aromatic N) is 2. The van der Waals surface area contributed by atoms with Gasteiger partial charge >= 0.3 is 17.9 Å². The van der Waals surface area contributed by atoms with Gasteiger partial charge in [-0.1, -0.05) is 74.1 Å². The molecule has 75 heavy (non-hydrogen) atoms. The van der Waals surface area contributed by atoms with E-state index in [-0.39, 0.29) is 62.3 Å². The molecule has 0 radical (unpaired) electrons. The van der Waals surface area contributed by atoms with Gasteiger partial charge < -0.3 is 75.1 Å². The number of nitrogens with two attached hydrogens (primary N) is 4. The molecule has 1 aliphatic heterocycles. The van der Waals surface area contributed by atoms with Gasteiger partial charge in [0, 0.05) is 38.8 Å². The fraction of sp³-hybridized carbons (Fsp3) is 0.510. The Bertz CT molecular complexity index is 2350. The van der Waals surface area contributed by atoms with Gasteiger partial charge in [-0.05, 0) is 58.4 Å². The number of carboxylic acids is 2. The van der Waals surface area contributed by atoms with Gasteiger partial charge in [-0.3, -0.25) is 48.3 Å². The highest BCUT2D eigenvalue weighted by molar-refractivity contribution is 6.00. The molecule has 17 N–H and O–H groups in total. The van der Waals surface area contributed by atoms with Crippen molar-refractivity contribution in [2.75, 3.05) is 13.1 Å². The van der Waals surface area contributed by atoms with Crippen LogP contribution >= 0.6 is 0 Å². The zero-order valence-electron chi connectivity index (χ0n) is 43.1. The van der Waals surface area contributed by atoms with Crippen LogP contribution in [0.3, 0.4) is 0 Å². The Balaban J connectivity index is 2.72. The van der Waals surface area contributed by atoms with Gasteiger partial charge in [0.05, 0.1) is 18.4 Å². The number of carboxylic acid groups (broad SMARTS) is 2. The van der Waals surface area contributed by atoms with Crippen molar-refractivity contribution in [1.29, 1.82) is 0 Å². The molecule has 0 spiro atoms. The second-order valence-electron chi connectivity index (χ2n) is 17.9. The van der Waals surface area contributed by atoms with E-state index < -0.39 is 127 Å². The van der Waals surface area contributed by atoms with Crippen LogP contribution in [-0.4, -0.2) is 137 Å². The number of hydrogen-bond donors (Lipinski definition) is 13. The van der Waals surface area contributed by atoms with E-state index in [9.17, 15) is 58.2 Å². The molecule has 0 unspecified atom stereocenters. The smallest absolute Gasteiger partial charge is 0.326 e. The van der Waals surface area contributed by atoms with Crippen molar-refractivity contribution in [3.8, 4) is 0 Å². The lowest BCUT2D eigenvalue weighted by Gasteiger charge is -2.27. The molecule has 2 rings (SSSR count). The van der Waals surface area contributed by atoms with Crippen LogP contribution < -0.4 is 60.2 Å². The molecule has 0 aromatic heterocycles. The van der Waals surface area contributed by atoms with Crippen molar-refractivity contribution in [1.82, 2.24) is 37.2 Å². The number of amides is 7. The minimum Gasteiger partial charge on any atom is -0.480 e. The summed E-state index contributed by atoms with van der Waals surface area (Å²) in [6.45, 7) is 8.88. The van der Waals surface area contributed by atoms with E-state index in [1.807, 2.05) is 43.3 Å². The van der Waals surface area contributed by atoms with Gasteiger partial charge in [-0.15, -0.1) is 0 Å². The van der Waals surface area contributed by atoms with E-state index in [4.69, 9.17) is 27.7 Å². The Morgan fingerprint density at radius 1 is 0.747 bits per heavy atom. The minimum atomic E-state index is -1.93. The number of benzene rings is 1. The highest BCUT2D eigenvalue weighted by Gasteiger charge is 2.34. The van der Waals surface area contributed by atoms with Crippen LogP contribution in [0.15, 0.2) is 75.9 Å². The minimum absolute atomic E-state index is 0.00827. The number of carbonyl (C=O) groups is 10. The van der Waals surface area contributed by atoms with E-state index in [2.05, 4.69) is 47.2 Å². The van der Waals surface area contributed by atoms with Crippen molar-refractivity contribution in [2.45, 2.75) is 135 Å². The summed E-state index contributed by atoms with van der Waals surface area (Å²) >= 11 is 0. The molecule has 0 bridgehead atoms. The van der Waals surface area contributed by atoms with Crippen molar-refractivity contribution >= 4 is 71.2 Å². The number of guanidine groups is 2. The summed E-state index contributed by atoms with van der Waals surface area (Å²) in [4.78, 5) is 140. The lowest BCUT2D eigenvalue weighted by atomic mass is 9.94. The predicted molar refractivity (Wildman–Crippen MR) is 275 cm³/mol. The van der Waals surface area contributed by atoms with E-state index in [0.717, 1.165) is 5.56 Å². The van der Waals surface area contributed by atoms with Gasteiger partial charge in [0.1, 0.15) is 42.0 Å². The monoisotopic (exact) mass is 1050 g/mol. The van der Waals surface area contributed by atoms with Gasteiger partial charge in [-0.25, -0.2) is 9.59 Å².